The number of hydrogen-bond acceptors (Lipinski definition) is 2. The van der Waals surface area contributed by atoms with Crippen molar-refractivity contribution in [2.75, 3.05) is 0 Å². The van der Waals surface area contributed by atoms with E-state index in [1.54, 1.807) is 0 Å². The van der Waals surface area contributed by atoms with Crippen LogP contribution in [-0.2, 0) is 13.0 Å². The van der Waals surface area contributed by atoms with E-state index in [2.05, 4.69) is 47.0 Å². The van der Waals surface area contributed by atoms with Gasteiger partial charge in [0.2, 0.25) is 0 Å². The van der Waals surface area contributed by atoms with Crippen molar-refractivity contribution in [2.45, 2.75) is 45.1 Å². The molecule has 94 valence electrons. The zero-order valence-corrected chi connectivity index (χ0v) is 10.8. The van der Waals surface area contributed by atoms with Gasteiger partial charge in [-0.25, -0.2) is 9.67 Å². The fourth-order valence-corrected chi connectivity index (χ4v) is 2.72. The van der Waals surface area contributed by atoms with Crippen LogP contribution in [0.1, 0.15) is 49.3 Å². The van der Waals surface area contributed by atoms with Crippen LogP contribution >= 0.6 is 0 Å². The number of aromatic nitrogens is 3. The van der Waals surface area contributed by atoms with E-state index in [1.807, 2.05) is 0 Å². The van der Waals surface area contributed by atoms with Gasteiger partial charge in [0.25, 0.3) is 0 Å². The molecule has 1 unspecified atom stereocenters. The summed E-state index contributed by atoms with van der Waals surface area (Å²) in [5.41, 5.74) is 1.37. The first-order chi connectivity index (χ1) is 8.88. The van der Waals surface area contributed by atoms with Crippen molar-refractivity contribution in [3.8, 4) is 0 Å². The Hall–Kier alpha value is -1.64. The highest BCUT2D eigenvalue weighted by Crippen LogP contribution is 2.31. The minimum absolute atomic E-state index is 0.418. The first kappa shape index (κ1) is 11.5. The van der Waals surface area contributed by atoms with Gasteiger partial charge in [0, 0.05) is 18.9 Å². The summed E-state index contributed by atoms with van der Waals surface area (Å²) in [5, 5.41) is 4.61. The second-order valence-corrected chi connectivity index (χ2v) is 4.92. The Morgan fingerprint density at radius 3 is 2.83 bits per heavy atom. The Balaban J connectivity index is 2.03. The van der Waals surface area contributed by atoms with Crippen LogP contribution < -0.4 is 0 Å². The van der Waals surface area contributed by atoms with Crippen molar-refractivity contribution >= 4 is 0 Å². The smallest absolute Gasteiger partial charge is 0.150 e. The Morgan fingerprint density at radius 1 is 1.22 bits per heavy atom. The third kappa shape index (κ3) is 2.05. The first-order valence-corrected chi connectivity index (χ1v) is 6.87. The van der Waals surface area contributed by atoms with Gasteiger partial charge >= 0.3 is 0 Å². The molecule has 3 nitrogen and oxygen atoms in total. The summed E-state index contributed by atoms with van der Waals surface area (Å²) < 4.78 is 2.13. The number of aryl methyl sites for hydroxylation is 2. The highest BCUT2D eigenvalue weighted by molar-refractivity contribution is 5.26. The van der Waals surface area contributed by atoms with Crippen molar-refractivity contribution in [3.63, 3.8) is 0 Å². The molecule has 1 aromatic heterocycles. The molecular weight excluding hydrogens is 222 g/mol. The van der Waals surface area contributed by atoms with Crippen LogP contribution in [-0.4, -0.2) is 14.8 Å². The largest absolute Gasteiger partial charge is 0.249 e. The van der Waals surface area contributed by atoms with Crippen LogP contribution in [0.3, 0.4) is 0 Å². The van der Waals surface area contributed by atoms with Crippen molar-refractivity contribution in [1.82, 2.24) is 14.8 Å². The lowest BCUT2D eigenvalue weighted by Crippen LogP contribution is -2.08. The number of rotatable bonds is 2. The van der Waals surface area contributed by atoms with Crippen molar-refractivity contribution < 1.29 is 0 Å². The lowest BCUT2D eigenvalue weighted by molar-refractivity contribution is 0.569. The van der Waals surface area contributed by atoms with Crippen molar-refractivity contribution in [3.05, 3.63) is 47.5 Å². The molecule has 0 N–H and O–H groups in total. The molecule has 0 saturated heterocycles. The average molecular weight is 241 g/mol. The number of nitrogens with zero attached hydrogens (tertiary/aromatic N) is 3. The van der Waals surface area contributed by atoms with Gasteiger partial charge in [-0.3, -0.25) is 0 Å². The highest BCUT2D eigenvalue weighted by atomic mass is 15.3. The second-order valence-electron chi connectivity index (χ2n) is 4.92. The molecule has 0 saturated carbocycles. The average Bonchev–Trinajstić information content (AvgIpc) is 2.73. The fraction of sp³-hybridized carbons (Fsp3) is 0.467. The summed E-state index contributed by atoms with van der Waals surface area (Å²) in [6, 6.07) is 10.7. The van der Waals surface area contributed by atoms with Gasteiger partial charge in [0.1, 0.15) is 5.82 Å². The van der Waals surface area contributed by atoms with Crippen LogP contribution in [0.25, 0.3) is 0 Å². The fourth-order valence-electron chi connectivity index (χ4n) is 2.72. The zero-order chi connectivity index (χ0) is 12.4. The van der Waals surface area contributed by atoms with Gasteiger partial charge < -0.3 is 0 Å². The molecule has 1 aliphatic heterocycles. The molecule has 2 heterocycles. The number of hydrogen-bond donors (Lipinski definition) is 0. The van der Waals surface area contributed by atoms with E-state index < -0.39 is 0 Å². The molecule has 3 rings (SSSR count). The van der Waals surface area contributed by atoms with Gasteiger partial charge in [0.15, 0.2) is 5.82 Å². The van der Waals surface area contributed by atoms with E-state index in [0.717, 1.165) is 24.6 Å². The van der Waals surface area contributed by atoms with E-state index in [1.165, 1.54) is 24.8 Å². The minimum atomic E-state index is 0.418. The third-order valence-electron chi connectivity index (χ3n) is 3.69. The lowest BCUT2D eigenvalue weighted by atomic mass is 9.94. The highest BCUT2D eigenvalue weighted by Gasteiger charge is 2.23. The molecule has 0 radical (unpaired) electrons. The van der Waals surface area contributed by atoms with Gasteiger partial charge in [-0.1, -0.05) is 43.7 Å². The molecule has 0 bridgehead atoms. The van der Waals surface area contributed by atoms with Gasteiger partial charge in [0.05, 0.1) is 0 Å². The van der Waals surface area contributed by atoms with Crippen molar-refractivity contribution in [1.29, 1.82) is 0 Å². The minimum Gasteiger partial charge on any atom is -0.249 e. The van der Waals surface area contributed by atoms with Gasteiger partial charge in [-0.05, 0) is 18.4 Å². The first-order valence-electron chi connectivity index (χ1n) is 6.87. The summed E-state index contributed by atoms with van der Waals surface area (Å²) in [5.74, 6) is 2.56. The maximum Gasteiger partial charge on any atom is 0.150 e. The Kier molecular flexibility index (Phi) is 3.13. The monoisotopic (exact) mass is 241 g/mol. The van der Waals surface area contributed by atoms with Crippen LogP contribution in [0.4, 0.5) is 0 Å². The second kappa shape index (κ2) is 4.92. The van der Waals surface area contributed by atoms with E-state index in [9.17, 15) is 0 Å². The summed E-state index contributed by atoms with van der Waals surface area (Å²) in [6.45, 7) is 3.14. The summed E-state index contributed by atoms with van der Waals surface area (Å²) in [6.07, 6.45) is 4.57. The van der Waals surface area contributed by atoms with Crippen LogP contribution in [0.5, 0.6) is 0 Å². The van der Waals surface area contributed by atoms with E-state index in [-0.39, 0.29) is 0 Å². The van der Waals surface area contributed by atoms with Crippen molar-refractivity contribution in [2.24, 2.45) is 0 Å². The summed E-state index contributed by atoms with van der Waals surface area (Å²) in [4.78, 5) is 4.74. The lowest BCUT2D eigenvalue weighted by Gasteiger charge is -2.13. The Bertz CT molecular complexity index is 516. The zero-order valence-electron chi connectivity index (χ0n) is 10.8. The maximum atomic E-state index is 4.74. The Morgan fingerprint density at radius 2 is 2.06 bits per heavy atom. The van der Waals surface area contributed by atoms with Crippen LogP contribution in [0.15, 0.2) is 30.3 Å². The molecule has 0 spiro atoms. The molecule has 3 heteroatoms. The quantitative estimate of drug-likeness (QED) is 0.808. The summed E-state index contributed by atoms with van der Waals surface area (Å²) in [7, 11) is 0. The van der Waals surface area contributed by atoms with Crippen LogP contribution in [0, 0.1) is 0 Å². The molecule has 1 atom stereocenters. The molecule has 2 aromatic rings. The number of benzene rings is 1. The normalized spacial score (nSPS) is 19.3. The molecular formula is C15H19N3. The van der Waals surface area contributed by atoms with E-state index in [0.29, 0.717) is 5.92 Å². The predicted octanol–water partition coefficient (Wildman–Crippen LogP) is 3.16. The molecule has 0 fully saturated rings. The number of fused-ring (bicyclic) bond motifs is 1. The Labute approximate surface area is 108 Å². The molecule has 0 aliphatic carbocycles. The molecule has 18 heavy (non-hydrogen) atoms. The van der Waals surface area contributed by atoms with Gasteiger partial charge in [-0.2, -0.15) is 5.10 Å². The van der Waals surface area contributed by atoms with E-state index in [4.69, 9.17) is 4.98 Å². The third-order valence-corrected chi connectivity index (χ3v) is 3.69. The molecule has 1 aromatic carbocycles. The maximum absolute atomic E-state index is 4.74. The molecule has 0 amide bonds. The van der Waals surface area contributed by atoms with Crippen LogP contribution in [0.2, 0.25) is 0 Å². The van der Waals surface area contributed by atoms with E-state index >= 15 is 0 Å². The standard InChI is InChI=1S/C15H19N3/c1-2-14-16-15-13(12-8-4-3-5-9-12)10-6-7-11-18(15)17-14/h3-5,8-9,13H,2,6-7,10-11H2,1H3. The molecule has 1 aliphatic rings. The SMILES string of the molecule is CCc1nc2n(n1)CCCCC2c1ccccc1. The predicted molar refractivity (Wildman–Crippen MR) is 71.5 cm³/mol. The summed E-state index contributed by atoms with van der Waals surface area (Å²) >= 11 is 0. The van der Waals surface area contributed by atoms with Gasteiger partial charge in [-0.15, -0.1) is 0 Å². The topological polar surface area (TPSA) is 30.7 Å².